The molecule has 5 rings (SSSR count). The van der Waals surface area contributed by atoms with E-state index in [1.54, 1.807) is 54.6 Å². The third kappa shape index (κ3) is 3.52. The van der Waals surface area contributed by atoms with Gasteiger partial charge in [-0.15, -0.1) is 0 Å². The van der Waals surface area contributed by atoms with Crippen LogP contribution in [0.5, 0.6) is 0 Å². The van der Waals surface area contributed by atoms with Crippen LogP contribution in [0.2, 0.25) is 0 Å². The monoisotopic (exact) mass is 462 g/mol. The number of carbonyl (C=O) groups is 4. The first-order valence-corrected chi connectivity index (χ1v) is 10.9. The van der Waals surface area contributed by atoms with Crippen LogP contribution in [0.15, 0.2) is 96.1 Å². The number of allylic oxidation sites excluding steroid dienone is 3. The van der Waals surface area contributed by atoms with E-state index in [2.05, 4.69) is 0 Å². The van der Waals surface area contributed by atoms with E-state index in [-0.39, 0.29) is 33.4 Å². The number of hydrogen-bond donors (Lipinski definition) is 2. The Bertz CT molecular complexity index is 1430. The third-order valence-corrected chi connectivity index (χ3v) is 6.17. The van der Waals surface area contributed by atoms with Crippen molar-refractivity contribution in [1.82, 2.24) is 0 Å². The van der Waals surface area contributed by atoms with Gasteiger partial charge in [0, 0.05) is 28.2 Å². The first-order chi connectivity index (χ1) is 16.9. The zero-order chi connectivity index (χ0) is 24.7. The average Bonchev–Trinajstić information content (AvgIpc) is 2.89. The molecule has 0 unspecified atom stereocenters. The Hall–Kier alpha value is -4.84. The summed E-state index contributed by atoms with van der Waals surface area (Å²) in [7, 11) is 0. The highest BCUT2D eigenvalue weighted by Gasteiger charge is 2.43. The van der Waals surface area contributed by atoms with Crippen LogP contribution in [0.3, 0.4) is 0 Å². The van der Waals surface area contributed by atoms with Gasteiger partial charge in [0.2, 0.25) is 23.1 Å². The molecule has 0 aromatic heterocycles. The Morgan fingerprint density at radius 1 is 0.514 bits per heavy atom. The summed E-state index contributed by atoms with van der Waals surface area (Å²) >= 11 is 0. The molecule has 3 aromatic carbocycles. The number of fused-ring (bicyclic) bond motifs is 2. The van der Waals surface area contributed by atoms with Crippen LogP contribution in [0, 0.1) is 5.92 Å². The average molecular weight is 462 g/mol. The Balaban J connectivity index is 1.78. The summed E-state index contributed by atoms with van der Waals surface area (Å²) in [4.78, 5) is 52.3. The molecule has 0 bridgehead atoms. The van der Waals surface area contributed by atoms with Gasteiger partial charge in [0.1, 0.15) is 11.5 Å². The number of Topliss-reactive ketones (excluding diaryl/α,β-unsaturated/α-hetero) is 4. The summed E-state index contributed by atoms with van der Waals surface area (Å²) in [6.07, 6.45) is 3.03. The smallest absolute Gasteiger partial charge is 0.234 e. The van der Waals surface area contributed by atoms with Crippen molar-refractivity contribution in [2.75, 3.05) is 0 Å². The summed E-state index contributed by atoms with van der Waals surface area (Å²) < 4.78 is 0. The molecule has 0 saturated carbocycles. The van der Waals surface area contributed by atoms with Gasteiger partial charge >= 0.3 is 0 Å². The van der Waals surface area contributed by atoms with Crippen LogP contribution < -0.4 is 0 Å². The van der Waals surface area contributed by atoms with Crippen molar-refractivity contribution >= 4 is 40.7 Å². The van der Waals surface area contributed by atoms with Crippen molar-refractivity contribution < 1.29 is 29.4 Å². The van der Waals surface area contributed by atoms with Crippen LogP contribution in [0.25, 0.3) is 17.6 Å². The molecule has 0 fully saturated rings. The van der Waals surface area contributed by atoms with E-state index in [1.807, 2.05) is 6.07 Å². The van der Waals surface area contributed by atoms with Gasteiger partial charge < -0.3 is 10.2 Å². The van der Waals surface area contributed by atoms with Gasteiger partial charge in [-0.25, -0.2) is 0 Å². The summed E-state index contributed by atoms with van der Waals surface area (Å²) in [5.41, 5.74) is 0.326. The molecule has 2 aliphatic rings. The fourth-order valence-electron chi connectivity index (χ4n) is 4.46. The first-order valence-electron chi connectivity index (χ1n) is 10.9. The van der Waals surface area contributed by atoms with Crippen molar-refractivity contribution in [1.29, 1.82) is 0 Å². The minimum absolute atomic E-state index is 0.0409. The van der Waals surface area contributed by atoms with E-state index in [4.69, 9.17) is 0 Å². The summed E-state index contributed by atoms with van der Waals surface area (Å²) in [5, 5.41) is 22.2. The number of rotatable bonds is 4. The fourth-order valence-corrected chi connectivity index (χ4v) is 4.46. The maximum Gasteiger partial charge on any atom is 0.234 e. The minimum atomic E-state index is -1.36. The predicted octanol–water partition coefficient (Wildman–Crippen LogP) is 4.79. The molecule has 3 aromatic rings. The third-order valence-electron chi connectivity index (χ3n) is 6.17. The normalized spacial score (nSPS) is 15.8. The number of carbonyl (C=O) groups excluding carboxylic acids is 4. The molecular weight excluding hydrogens is 444 g/mol. The van der Waals surface area contributed by atoms with Crippen LogP contribution in [-0.2, 0) is 9.59 Å². The predicted molar refractivity (Wildman–Crippen MR) is 130 cm³/mol. The van der Waals surface area contributed by atoms with Crippen LogP contribution in [-0.4, -0.2) is 33.3 Å². The van der Waals surface area contributed by atoms with E-state index in [9.17, 15) is 29.4 Å². The molecule has 0 atom stereocenters. The lowest BCUT2D eigenvalue weighted by molar-refractivity contribution is -0.112. The summed E-state index contributed by atoms with van der Waals surface area (Å²) in [6, 6.07) is 21.2. The summed E-state index contributed by atoms with van der Waals surface area (Å²) in [5.74, 6) is -6.03. The van der Waals surface area contributed by atoms with Gasteiger partial charge in [-0.05, 0) is 5.56 Å². The first kappa shape index (κ1) is 22.0. The molecule has 6 nitrogen and oxygen atoms in total. The van der Waals surface area contributed by atoms with Gasteiger partial charge in [0.05, 0.1) is 11.1 Å². The maximum atomic E-state index is 13.2. The second-order valence-electron chi connectivity index (χ2n) is 8.18. The molecule has 6 heteroatoms. The van der Waals surface area contributed by atoms with Crippen molar-refractivity contribution in [3.63, 3.8) is 0 Å². The summed E-state index contributed by atoms with van der Waals surface area (Å²) in [6.45, 7) is 0. The molecule has 0 spiro atoms. The zero-order valence-corrected chi connectivity index (χ0v) is 18.3. The van der Waals surface area contributed by atoms with Crippen LogP contribution in [0.1, 0.15) is 37.4 Å². The number of aliphatic hydroxyl groups excluding tert-OH is 2. The Morgan fingerprint density at radius 3 is 1.37 bits per heavy atom. The standard InChI is InChI=1S/C29H18O6/c30-24-17-10-4-6-12-19(17)26(32)28(34)22(24)21(15-14-16-8-2-1-3-9-16)23-25(31)18-11-5-7-13-20(18)27(33)29(23)35/h1-15,21,30-31H/b15-14+. The topological polar surface area (TPSA) is 109 Å². The van der Waals surface area contributed by atoms with Gasteiger partial charge in [-0.2, -0.15) is 0 Å². The van der Waals surface area contributed by atoms with Crippen LogP contribution in [0.4, 0.5) is 0 Å². The number of aliphatic hydroxyl groups is 2. The highest BCUT2D eigenvalue weighted by atomic mass is 16.3. The van der Waals surface area contributed by atoms with Gasteiger partial charge in [-0.1, -0.05) is 91.0 Å². The zero-order valence-electron chi connectivity index (χ0n) is 18.3. The molecular formula is C29H18O6. The molecule has 2 N–H and O–H groups in total. The molecule has 0 radical (unpaired) electrons. The van der Waals surface area contributed by atoms with Crippen molar-refractivity contribution in [2.45, 2.75) is 0 Å². The molecule has 2 aliphatic carbocycles. The molecule has 0 aliphatic heterocycles. The molecule has 35 heavy (non-hydrogen) atoms. The Labute approximate surface area is 200 Å². The van der Waals surface area contributed by atoms with E-state index in [0.29, 0.717) is 5.56 Å². The lowest BCUT2D eigenvalue weighted by Gasteiger charge is -2.27. The van der Waals surface area contributed by atoms with E-state index in [1.165, 1.54) is 30.3 Å². The highest BCUT2D eigenvalue weighted by molar-refractivity contribution is 6.55. The largest absolute Gasteiger partial charge is 0.507 e. The lowest BCUT2D eigenvalue weighted by Crippen LogP contribution is -2.33. The Morgan fingerprint density at radius 2 is 0.914 bits per heavy atom. The quantitative estimate of drug-likeness (QED) is 0.540. The van der Waals surface area contributed by atoms with Gasteiger partial charge in [0.25, 0.3) is 0 Å². The van der Waals surface area contributed by atoms with Gasteiger partial charge in [0.15, 0.2) is 0 Å². The van der Waals surface area contributed by atoms with Crippen LogP contribution >= 0.6 is 0 Å². The fraction of sp³-hybridized carbons (Fsp3) is 0.0345. The van der Waals surface area contributed by atoms with Crippen molar-refractivity contribution in [2.24, 2.45) is 5.92 Å². The molecule has 170 valence electrons. The van der Waals surface area contributed by atoms with E-state index >= 15 is 0 Å². The number of hydrogen-bond acceptors (Lipinski definition) is 6. The molecule has 0 amide bonds. The van der Waals surface area contributed by atoms with Crippen molar-refractivity contribution in [3.05, 3.63) is 124 Å². The van der Waals surface area contributed by atoms with Gasteiger partial charge in [-0.3, -0.25) is 19.2 Å². The van der Waals surface area contributed by atoms with Crippen molar-refractivity contribution in [3.8, 4) is 0 Å². The van der Waals surface area contributed by atoms with E-state index in [0.717, 1.165) is 0 Å². The second-order valence-corrected chi connectivity index (χ2v) is 8.18. The second kappa shape index (κ2) is 8.50. The molecule has 0 heterocycles. The Kier molecular flexibility index (Phi) is 5.34. The molecule has 0 saturated heterocycles. The number of ketones is 4. The lowest BCUT2D eigenvalue weighted by atomic mass is 9.74. The van der Waals surface area contributed by atoms with E-state index < -0.39 is 40.6 Å². The minimum Gasteiger partial charge on any atom is -0.507 e. The SMILES string of the molecule is O=C1C(=O)c2ccccc2C(O)=C1C(/C=C/c1ccccc1)C1=C(O)c2ccccc2C(=O)C1=O. The number of benzene rings is 3. The highest BCUT2D eigenvalue weighted by Crippen LogP contribution is 2.40. The maximum absolute atomic E-state index is 13.2.